The number of fused-ring (bicyclic) bond motifs is 4. The fourth-order valence-electron chi connectivity index (χ4n) is 2.82. The Labute approximate surface area is 129 Å². The molecule has 0 radical (unpaired) electrons. The van der Waals surface area contributed by atoms with Gasteiger partial charge >= 0.3 is 22.5 Å². The minimum atomic E-state index is -1.22. The van der Waals surface area contributed by atoms with Crippen LogP contribution in [0.1, 0.15) is 0 Å². The number of phenolic OH excluding ortho intramolecular Hbond substituents is 2. The van der Waals surface area contributed by atoms with Gasteiger partial charge in [0, 0.05) is 5.39 Å². The fourth-order valence-corrected chi connectivity index (χ4v) is 2.82. The minimum Gasteiger partial charge on any atom is -0.508 e. The van der Waals surface area contributed by atoms with Crippen molar-refractivity contribution in [3.63, 3.8) is 0 Å². The number of rotatable bonds is 0. The summed E-state index contributed by atoms with van der Waals surface area (Å²) < 4.78 is 9.23. The second-order valence-electron chi connectivity index (χ2n) is 5.15. The molecule has 0 fully saturated rings. The molecule has 5 rings (SSSR count). The SMILES string of the molecule is O=c1oc(=O)c2c3c(O)cc(c(=O)oc3=O)c2c2ccc(O)cc12. The highest BCUT2D eigenvalue weighted by molar-refractivity contribution is 6.19. The summed E-state index contributed by atoms with van der Waals surface area (Å²) in [4.78, 5) is 48.5. The van der Waals surface area contributed by atoms with E-state index in [0.717, 1.165) is 12.1 Å². The Morgan fingerprint density at radius 3 is 1.96 bits per heavy atom. The van der Waals surface area contributed by atoms with Crippen LogP contribution in [0.4, 0.5) is 0 Å². The highest BCUT2D eigenvalue weighted by Crippen LogP contribution is 2.32. The van der Waals surface area contributed by atoms with Crippen LogP contribution in [-0.2, 0) is 0 Å². The van der Waals surface area contributed by atoms with Gasteiger partial charge in [0.05, 0.1) is 16.2 Å². The van der Waals surface area contributed by atoms with Gasteiger partial charge in [0.1, 0.15) is 16.9 Å². The molecule has 8 heteroatoms. The summed E-state index contributed by atoms with van der Waals surface area (Å²) in [6, 6.07) is 4.60. The second kappa shape index (κ2) is 4.42. The number of hydrogen-bond acceptors (Lipinski definition) is 8. The van der Waals surface area contributed by atoms with Gasteiger partial charge in [0.25, 0.3) is 0 Å². The normalized spacial score (nSPS) is 11.5. The molecule has 0 atom stereocenters. The Kier molecular flexibility index (Phi) is 2.57. The molecule has 0 unspecified atom stereocenters. The summed E-state index contributed by atoms with van der Waals surface area (Å²) in [6.45, 7) is 0. The first kappa shape index (κ1) is 13.9. The van der Waals surface area contributed by atoms with Crippen LogP contribution in [0.25, 0.3) is 32.3 Å². The van der Waals surface area contributed by atoms with Gasteiger partial charge in [-0.1, -0.05) is 0 Å². The van der Waals surface area contributed by atoms with Gasteiger partial charge in [0.2, 0.25) is 0 Å². The highest BCUT2D eigenvalue weighted by Gasteiger charge is 2.20. The number of hydrogen-bond donors (Lipinski definition) is 2. The molecular formula is C16H6O8. The third kappa shape index (κ3) is 1.67. The molecule has 24 heavy (non-hydrogen) atoms. The van der Waals surface area contributed by atoms with Gasteiger partial charge in [0.15, 0.2) is 0 Å². The van der Waals surface area contributed by atoms with E-state index < -0.39 is 39.0 Å². The van der Waals surface area contributed by atoms with Crippen LogP contribution in [0, 0.1) is 0 Å². The standard InChI is InChI=1S/C16H6O8/c17-5-1-2-6-7(3-5)13(19)23-16(22)12-10(6)8-4-9(18)11(12)15(21)24-14(8)20/h1-4,17-18H. The lowest BCUT2D eigenvalue weighted by molar-refractivity contribution is 0.472. The van der Waals surface area contributed by atoms with Crippen LogP contribution in [0.15, 0.2) is 52.3 Å². The summed E-state index contributed by atoms with van der Waals surface area (Å²) in [7, 11) is 0. The van der Waals surface area contributed by atoms with Crippen LogP contribution >= 0.6 is 0 Å². The summed E-state index contributed by atoms with van der Waals surface area (Å²) in [5, 5.41) is 18.1. The van der Waals surface area contributed by atoms with E-state index in [9.17, 15) is 29.4 Å². The molecule has 0 spiro atoms. The van der Waals surface area contributed by atoms with Crippen molar-refractivity contribution in [3.05, 3.63) is 65.9 Å². The topological polar surface area (TPSA) is 135 Å². The van der Waals surface area contributed by atoms with Crippen LogP contribution in [0.5, 0.6) is 11.5 Å². The Hall–Kier alpha value is -3.68. The third-order valence-corrected chi connectivity index (χ3v) is 3.80. The Balaban J connectivity index is 2.65. The van der Waals surface area contributed by atoms with Crippen LogP contribution in [-0.4, -0.2) is 10.2 Å². The van der Waals surface area contributed by atoms with Gasteiger partial charge in [-0.2, -0.15) is 0 Å². The lowest BCUT2D eigenvalue weighted by atomic mass is 10.0. The average molecular weight is 326 g/mol. The highest BCUT2D eigenvalue weighted by atomic mass is 16.4. The van der Waals surface area contributed by atoms with Crippen molar-refractivity contribution in [1.29, 1.82) is 0 Å². The molecule has 2 aromatic carbocycles. The van der Waals surface area contributed by atoms with E-state index in [1.165, 1.54) is 12.1 Å². The minimum absolute atomic E-state index is 0.0653. The molecule has 118 valence electrons. The Morgan fingerprint density at radius 2 is 1.25 bits per heavy atom. The zero-order valence-electron chi connectivity index (χ0n) is 11.7. The molecule has 0 aliphatic carbocycles. The van der Waals surface area contributed by atoms with Gasteiger partial charge in [-0.15, -0.1) is 0 Å². The smallest absolute Gasteiger partial charge is 0.350 e. The molecule has 5 aromatic rings. The number of aromatic hydroxyl groups is 2. The summed E-state index contributed by atoms with van der Waals surface area (Å²) in [6.07, 6.45) is 0. The van der Waals surface area contributed by atoms with Crippen molar-refractivity contribution in [2.45, 2.75) is 0 Å². The predicted molar refractivity (Wildman–Crippen MR) is 83.1 cm³/mol. The zero-order chi connectivity index (χ0) is 17.2. The first-order chi connectivity index (χ1) is 11.4. The van der Waals surface area contributed by atoms with E-state index in [-0.39, 0.29) is 27.3 Å². The van der Waals surface area contributed by atoms with Gasteiger partial charge in [-0.05, 0) is 29.7 Å². The fraction of sp³-hybridized carbons (Fsp3) is 0. The first-order valence-corrected chi connectivity index (χ1v) is 6.65. The van der Waals surface area contributed by atoms with Crippen molar-refractivity contribution < 1.29 is 19.0 Å². The predicted octanol–water partition coefficient (Wildman–Crippen LogP) is 0.622. The maximum Gasteiger partial charge on any atom is 0.350 e. The van der Waals surface area contributed by atoms with E-state index >= 15 is 0 Å². The Morgan fingerprint density at radius 1 is 0.625 bits per heavy atom. The second-order valence-corrected chi connectivity index (χ2v) is 5.15. The molecule has 8 nitrogen and oxygen atoms in total. The molecule has 0 saturated heterocycles. The summed E-state index contributed by atoms with van der Waals surface area (Å²) in [5.74, 6) is -0.887. The quantitative estimate of drug-likeness (QED) is 0.480. The van der Waals surface area contributed by atoms with Gasteiger partial charge < -0.3 is 19.0 Å². The van der Waals surface area contributed by atoms with E-state index in [1.807, 2.05) is 0 Å². The zero-order valence-corrected chi connectivity index (χ0v) is 11.7. The molecular weight excluding hydrogens is 320 g/mol. The molecule has 3 aromatic heterocycles. The molecule has 0 aliphatic heterocycles. The molecule has 2 N–H and O–H groups in total. The van der Waals surface area contributed by atoms with Crippen LogP contribution in [0.2, 0.25) is 0 Å². The number of phenols is 2. The molecule has 0 saturated carbocycles. The van der Waals surface area contributed by atoms with Crippen molar-refractivity contribution in [1.82, 2.24) is 0 Å². The van der Waals surface area contributed by atoms with Crippen molar-refractivity contribution in [2.24, 2.45) is 0 Å². The molecule has 2 bridgehead atoms. The first-order valence-electron chi connectivity index (χ1n) is 6.65. The number of benzene rings is 2. The Bertz CT molecular complexity index is 1390. The van der Waals surface area contributed by atoms with Crippen LogP contribution < -0.4 is 22.5 Å². The molecule has 0 amide bonds. The van der Waals surface area contributed by atoms with E-state index in [4.69, 9.17) is 0 Å². The maximum atomic E-state index is 12.3. The largest absolute Gasteiger partial charge is 0.508 e. The van der Waals surface area contributed by atoms with E-state index in [0.29, 0.717) is 0 Å². The van der Waals surface area contributed by atoms with Gasteiger partial charge in [-0.3, -0.25) is 0 Å². The van der Waals surface area contributed by atoms with E-state index in [1.54, 1.807) is 0 Å². The summed E-state index contributed by atoms with van der Waals surface area (Å²) >= 11 is 0. The molecule has 0 aliphatic rings. The lowest BCUT2D eigenvalue weighted by Crippen LogP contribution is -2.07. The lowest BCUT2D eigenvalue weighted by Gasteiger charge is -1.99. The van der Waals surface area contributed by atoms with Crippen LogP contribution in [0.3, 0.4) is 0 Å². The van der Waals surface area contributed by atoms with Crippen molar-refractivity contribution in [3.8, 4) is 11.5 Å². The van der Waals surface area contributed by atoms with Crippen molar-refractivity contribution in [2.75, 3.05) is 0 Å². The monoisotopic (exact) mass is 326 g/mol. The maximum absolute atomic E-state index is 12.3. The molecule has 3 heterocycles. The van der Waals surface area contributed by atoms with Gasteiger partial charge in [-0.25, -0.2) is 19.2 Å². The average Bonchev–Trinajstić information content (AvgIpc) is 2.75. The summed E-state index contributed by atoms with van der Waals surface area (Å²) in [5.41, 5.74) is -4.56. The van der Waals surface area contributed by atoms with E-state index in [2.05, 4.69) is 8.83 Å². The third-order valence-electron chi connectivity index (χ3n) is 3.80. The van der Waals surface area contributed by atoms with Crippen molar-refractivity contribution >= 4 is 32.3 Å².